The third-order valence-corrected chi connectivity index (χ3v) is 9.32. The Labute approximate surface area is 273 Å². The number of piperazine rings is 1. The maximum Gasteiger partial charge on any atom is 0.276 e. The van der Waals surface area contributed by atoms with Gasteiger partial charge in [-0.3, -0.25) is 0 Å². The summed E-state index contributed by atoms with van der Waals surface area (Å²) in [6, 6.07) is 11.4. The number of hydrogen-bond acceptors (Lipinski definition) is 7. The van der Waals surface area contributed by atoms with Crippen LogP contribution in [0, 0.1) is 5.92 Å². The van der Waals surface area contributed by atoms with E-state index in [1.54, 1.807) is 24.2 Å². The number of nitrogens with zero attached hydrogens (tertiary/aromatic N) is 3. The summed E-state index contributed by atoms with van der Waals surface area (Å²) in [6.45, 7) is 13.1. The first-order chi connectivity index (χ1) is 21.4. The van der Waals surface area contributed by atoms with Crippen LogP contribution in [0.25, 0.3) is 0 Å². The van der Waals surface area contributed by atoms with Crippen molar-refractivity contribution in [3.8, 4) is 0 Å². The van der Waals surface area contributed by atoms with E-state index in [4.69, 9.17) is 17.3 Å². The zero-order valence-electron chi connectivity index (χ0n) is 26.1. The van der Waals surface area contributed by atoms with Crippen molar-refractivity contribution >= 4 is 35.1 Å². The first kappa shape index (κ1) is 36.1. The van der Waals surface area contributed by atoms with E-state index < -0.39 is 11.8 Å². The fourth-order valence-corrected chi connectivity index (χ4v) is 6.56. The molecule has 4 N–H and O–H groups in total. The molecule has 0 amide bonds. The molecule has 0 bridgehead atoms. The zero-order chi connectivity index (χ0) is 31.6. The van der Waals surface area contributed by atoms with E-state index in [1.807, 2.05) is 6.08 Å². The van der Waals surface area contributed by atoms with E-state index in [1.165, 1.54) is 23.8 Å². The molecule has 1 saturated carbocycles. The lowest BCUT2D eigenvalue weighted by atomic mass is 9.82. The molecule has 0 unspecified atom stereocenters. The van der Waals surface area contributed by atoms with Gasteiger partial charge in [-0.15, -0.1) is 6.58 Å². The highest BCUT2D eigenvalue weighted by atomic mass is 35.5. The summed E-state index contributed by atoms with van der Waals surface area (Å²) in [6.07, 6.45) is 13.3. The predicted octanol–water partition coefficient (Wildman–Crippen LogP) is 8.46. The van der Waals surface area contributed by atoms with Gasteiger partial charge < -0.3 is 21.3 Å². The van der Waals surface area contributed by atoms with Crippen LogP contribution in [0.15, 0.2) is 66.7 Å². The van der Waals surface area contributed by atoms with Crippen LogP contribution in [-0.4, -0.2) is 55.1 Å². The second kappa shape index (κ2) is 19.9. The standard InChI is InChI=1S/C27H35ClF2N4S.C7H16N2/c1-2-3-7-14-31-23-10-12-24(13-11-23)35-34-17-15-33(16-18-34)26-20-22(19-25(28)32-26)27(29,30)21-8-5-4-6-9-21;1-2-9-7-5-3-4-6-8/h2,10-13,19-21,31H,1,3-9,14-18H2;2,9H,1,3-8H2. The summed E-state index contributed by atoms with van der Waals surface area (Å²) >= 11 is 7.95. The number of benzene rings is 1. The van der Waals surface area contributed by atoms with Crippen LogP contribution in [0.1, 0.15) is 69.8 Å². The quantitative estimate of drug-likeness (QED) is 0.0730. The first-order valence-corrected chi connectivity index (χ1v) is 17.3. The number of hydrogen-bond donors (Lipinski definition) is 3. The molecule has 0 atom stereocenters. The lowest BCUT2D eigenvalue weighted by Gasteiger charge is -2.35. The van der Waals surface area contributed by atoms with E-state index >= 15 is 8.78 Å². The van der Waals surface area contributed by atoms with Gasteiger partial charge in [0.1, 0.15) is 11.0 Å². The van der Waals surface area contributed by atoms with Crippen LogP contribution in [0.3, 0.4) is 0 Å². The van der Waals surface area contributed by atoms with Crippen molar-refractivity contribution in [2.24, 2.45) is 11.7 Å². The van der Waals surface area contributed by atoms with Gasteiger partial charge in [-0.1, -0.05) is 49.9 Å². The third kappa shape index (κ3) is 12.2. The highest BCUT2D eigenvalue weighted by Gasteiger charge is 2.42. The maximum absolute atomic E-state index is 15.3. The fourth-order valence-electron chi connectivity index (χ4n) is 5.46. The van der Waals surface area contributed by atoms with E-state index in [2.05, 4.69) is 62.2 Å². The summed E-state index contributed by atoms with van der Waals surface area (Å²) in [5.41, 5.74) is 6.43. The molecule has 2 fully saturated rings. The van der Waals surface area contributed by atoms with Crippen molar-refractivity contribution < 1.29 is 8.78 Å². The molecule has 6 nitrogen and oxygen atoms in total. The van der Waals surface area contributed by atoms with Crippen molar-refractivity contribution in [1.29, 1.82) is 0 Å². The average Bonchev–Trinajstić information content (AvgIpc) is 3.05. The Bertz CT molecular complexity index is 1110. The SMILES string of the molecule is C=CCCCNc1ccc(SN2CCN(c3cc(C(F)(F)C4CCCCC4)cc(Cl)n3)CC2)cc1.C=CNCCCCCN. The second-order valence-corrected chi connectivity index (χ2v) is 12.9. The Hall–Kier alpha value is -2.33. The maximum atomic E-state index is 15.3. The van der Waals surface area contributed by atoms with Crippen molar-refractivity contribution in [3.63, 3.8) is 0 Å². The summed E-state index contributed by atoms with van der Waals surface area (Å²) in [4.78, 5) is 7.65. The number of unbranched alkanes of at least 4 members (excludes halogenated alkanes) is 3. The van der Waals surface area contributed by atoms with Crippen molar-refractivity contribution in [1.82, 2.24) is 14.6 Å². The molecular formula is C34H51ClF2N6S. The first-order valence-electron chi connectivity index (χ1n) is 16.1. The molecule has 4 rings (SSSR count). The van der Waals surface area contributed by atoms with Gasteiger partial charge in [0.05, 0.1) is 0 Å². The number of alkyl halides is 2. The Balaban J connectivity index is 0.000000512. The fraction of sp³-hybridized carbons (Fsp3) is 0.559. The normalized spacial score (nSPS) is 16.1. The van der Waals surface area contributed by atoms with Gasteiger partial charge in [0.2, 0.25) is 0 Å². The molecule has 0 spiro atoms. The summed E-state index contributed by atoms with van der Waals surface area (Å²) in [5, 5.41) is 6.60. The number of nitrogens with two attached hydrogens (primary N) is 1. The van der Waals surface area contributed by atoms with Crippen molar-refractivity contribution in [2.75, 3.05) is 56.0 Å². The van der Waals surface area contributed by atoms with Gasteiger partial charge in [-0.25, -0.2) is 18.1 Å². The second-order valence-electron chi connectivity index (χ2n) is 11.4. The van der Waals surface area contributed by atoms with Gasteiger partial charge >= 0.3 is 0 Å². The monoisotopic (exact) mass is 648 g/mol. The third-order valence-electron chi connectivity index (χ3n) is 8.02. The molecule has 44 heavy (non-hydrogen) atoms. The zero-order valence-corrected chi connectivity index (χ0v) is 27.7. The summed E-state index contributed by atoms with van der Waals surface area (Å²) in [7, 11) is 0. The van der Waals surface area contributed by atoms with Crippen LogP contribution in [0.5, 0.6) is 0 Å². The number of aromatic nitrogens is 1. The van der Waals surface area contributed by atoms with Gasteiger partial charge in [-0.05, 0) is 99.6 Å². The molecule has 2 heterocycles. The van der Waals surface area contributed by atoms with Crippen molar-refractivity contribution in [2.45, 2.75) is 75.0 Å². The molecule has 0 radical (unpaired) electrons. The number of nitrogens with one attached hydrogen (secondary N) is 2. The van der Waals surface area contributed by atoms with Gasteiger partial charge in [0.25, 0.3) is 5.92 Å². The Morgan fingerprint density at radius 2 is 1.70 bits per heavy atom. The largest absolute Gasteiger partial charge is 0.391 e. The van der Waals surface area contributed by atoms with Gasteiger partial charge in [0.15, 0.2) is 0 Å². The van der Waals surface area contributed by atoms with E-state index in [-0.39, 0.29) is 10.7 Å². The molecule has 1 aromatic heterocycles. The average molecular weight is 649 g/mol. The van der Waals surface area contributed by atoms with Crippen LogP contribution in [0.2, 0.25) is 5.15 Å². The molecule has 1 saturated heterocycles. The smallest absolute Gasteiger partial charge is 0.276 e. The molecular weight excluding hydrogens is 598 g/mol. The molecule has 1 aliphatic carbocycles. The minimum Gasteiger partial charge on any atom is -0.391 e. The lowest BCUT2D eigenvalue weighted by Crippen LogP contribution is -2.44. The topological polar surface area (TPSA) is 69.5 Å². The molecule has 2 aliphatic rings. The van der Waals surface area contributed by atoms with Crippen LogP contribution in [-0.2, 0) is 5.92 Å². The van der Waals surface area contributed by atoms with E-state index in [0.29, 0.717) is 18.7 Å². The highest BCUT2D eigenvalue weighted by Crippen LogP contribution is 2.44. The van der Waals surface area contributed by atoms with E-state index in [0.717, 1.165) is 90.0 Å². The highest BCUT2D eigenvalue weighted by molar-refractivity contribution is 7.97. The minimum atomic E-state index is -2.87. The predicted molar refractivity (Wildman–Crippen MR) is 185 cm³/mol. The van der Waals surface area contributed by atoms with Gasteiger partial charge in [0, 0.05) is 61.3 Å². The van der Waals surface area contributed by atoms with Crippen molar-refractivity contribution in [3.05, 3.63) is 72.5 Å². The number of halogens is 3. The van der Waals surface area contributed by atoms with E-state index in [9.17, 15) is 0 Å². The molecule has 10 heteroatoms. The van der Waals surface area contributed by atoms with Crippen LogP contribution in [0.4, 0.5) is 20.3 Å². The Kier molecular flexibility index (Phi) is 16.4. The Morgan fingerprint density at radius 3 is 2.36 bits per heavy atom. The number of allylic oxidation sites excluding steroid dienone is 1. The van der Waals surface area contributed by atoms with Crippen LogP contribution < -0.4 is 21.3 Å². The van der Waals surface area contributed by atoms with Gasteiger partial charge in [-0.2, -0.15) is 0 Å². The van der Waals surface area contributed by atoms with Crippen LogP contribution >= 0.6 is 23.5 Å². The molecule has 1 aliphatic heterocycles. The lowest BCUT2D eigenvalue weighted by molar-refractivity contribution is -0.0777. The Morgan fingerprint density at radius 1 is 0.977 bits per heavy atom. The molecule has 1 aromatic carbocycles. The number of anilines is 2. The molecule has 2 aromatic rings. The molecule has 244 valence electrons. The number of rotatable bonds is 16. The number of pyridine rings is 1. The summed E-state index contributed by atoms with van der Waals surface area (Å²) in [5.74, 6) is -2.92. The minimum absolute atomic E-state index is 0.00870. The summed E-state index contributed by atoms with van der Waals surface area (Å²) < 4.78 is 32.9.